The van der Waals surface area contributed by atoms with Gasteiger partial charge in [-0.15, -0.1) is 0 Å². The normalized spacial score (nSPS) is 15.4. The number of nitrogens with one attached hydrogen (secondary N) is 2. The second kappa shape index (κ2) is 8.95. The number of amides is 1. The van der Waals surface area contributed by atoms with Gasteiger partial charge in [0.2, 0.25) is 0 Å². The molecule has 1 heterocycles. The summed E-state index contributed by atoms with van der Waals surface area (Å²) in [7, 11) is 0. The maximum absolute atomic E-state index is 12.2. The third kappa shape index (κ3) is 5.12. The molecule has 8 heteroatoms. The van der Waals surface area contributed by atoms with Crippen LogP contribution in [0.3, 0.4) is 0 Å². The number of anilines is 2. The van der Waals surface area contributed by atoms with Gasteiger partial charge in [0.25, 0.3) is 0 Å². The molecule has 4 rings (SSSR count). The van der Waals surface area contributed by atoms with Crippen molar-refractivity contribution in [3.63, 3.8) is 0 Å². The van der Waals surface area contributed by atoms with Crippen molar-refractivity contribution in [3.05, 3.63) is 65.9 Å². The molecule has 178 valence electrons. The number of rotatable bonds is 7. The first-order valence-corrected chi connectivity index (χ1v) is 11.2. The largest absolute Gasteiger partial charge is 0.479 e. The zero-order valence-electron chi connectivity index (χ0n) is 19.5. The summed E-state index contributed by atoms with van der Waals surface area (Å²) in [5.41, 5.74) is 1.47. The first-order chi connectivity index (χ1) is 16.1. The monoisotopic (exact) mass is 463 g/mol. The molecule has 1 amide bonds. The zero-order chi connectivity index (χ0) is 24.5. The number of benzene rings is 2. The predicted octanol–water partition coefficient (Wildman–Crippen LogP) is 4.84. The van der Waals surface area contributed by atoms with E-state index in [1.807, 2.05) is 18.2 Å². The molecule has 4 N–H and O–H groups in total. The van der Waals surface area contributed by atoms with Crippen LogP contribution in [0, 0.1) is 0 Å². The van der Waals surface area contributed by atoms with Gasteiger partial charge in [-0.05, 0) is 74.4 Å². The van der Waals surface area contributed by atoms with Crippen molar-refractivity contribution >= 4 is 34.3 Å². The summed E-state index contributed by atoms with van der Waals surface area (Å²) in [5, 5.41) is 26.7. The summed E-state index contributed by atoms with van der Waals surface area (Å²) in [6.45, 7) is 5.45. The van der Waals surface area contributed by atoms with Crippen molar-refractivity contribution in [1.82, 2.24) is 4.98 Å². The van der Waals surface area contributed by atoms with E-state index in [0.29, 0.717) is 22.5 Å². The molecule has 0 bridgehead atoms. The number of aliphatic carboxylic acids is 1. The average molecular weight is 464 g/mol. The van der Waals surface area contributed by atoms with Gasteiger partial charge in [-0.1, -0.05) is 24.3 Å². The standard InChI is InChI=1S/C26H29N3O5/c1-25(2,3)34-24(33)29-22-20-9-8-19(14-17(20)10-13-27-22)28-21(23(31)32)16-4-6-18(7-5-16)26(15-30)11-12-26/h4-10,13-14,21,28,30H,11-12,15H2,1-3H3,(H,31,32)(H,27,29,33). The fourth-order valence-electron chi connectivity index (χ4n) is 3.94. The SMILES string of the molecule is CC(C)(C)OC(=O)Nc1nccc2cc(NC(C(=O)O)c3ccc(C4(CO)CC4)cc3)ccc12. The Kier molecular flexibility index (Phi) is 6.18. The van der Waals surface area contributed by atoms with Gasteiger partial charge >= 0.3 is 12.1 Å². The molecule has 34 heavy (non-hydrogen) atoms. The van der Waals surface area contributed by atoms with Crippen molar-refractivity contribution in [3.8, 4) is 0 Å². The summed E-state index contributed by atoms with van der Waals surface area (Å²) in [5.74, 6) is -0.639. The molecule has 1 aliphatic carbocycles. The van der Waals surface area contributed by atoms with Crippen molar-refractivity contribution in [2.75, 3.05) is 17.2 Å². The Labute approximate surface area is 198 Å². The molecule has 8 nitrogen and oxygen atoms in total. The fraction of sp³-hybridized carbons (Fsp3) is 0.346. The summed E-state index contributed by atoms with van der Waals surface area (Å²) in [6, 6.07) is 13.6. The third-order valence-electron chi connectivity index (χ3n) is 5.95. The Hall–Kier alpha value is -3.65. The minimum atomic E-state index is -1.00. The molecule has 1 aromatic heterocycles. The second-order valence-corrected chi connectivity index (χ2v) is 9.70. The number of hydrogen-bond acceptors (Lipinski definition) is 6. The van der Waals surface area contributed by atoms with Crippen LogP contribution in [-0.2, 0) is 14.9 Å². The van der Waals surface area contributed by atoms with Crippen LogP contribution in [0.2, 0.25) is 0 Å². The molecule has 1 fully saturated rings. The number of carboxylic acids is 1. The molecule has 0 radical (unpaired) electrons. The maximum atomic E-state index is 12.2. The van der Waals surface area contributed by atoms with E-state index in [2.05, 4.69) is 15.6 Å². The molecular formula is C26H29N3O5. The van der Waals surface area contributed by atoms with Gasteiger partial charge in [0, 0.05) is 22.7 Å². The van der Waals surface area contributed by atoms with E-state index in [4.69, 9.17) is 4.74 Å². The number of nitrogens with zero attached hydrogens (tertiary/aromatic N) is 1. The Bertz CT molecular complexity index is 1210. The zero-order valence-corrected chi connectivity index (χ0v) is 19.5. The molecule has 3 aromatic rings. The lowest BCUT2D eigenvalue weighted by molar-refractivity contribution is -0.138. The number of carbonyl (C=O) groups excluding carboxylic acids is 1. The van der Waals surface area contributed by atoms with Gasteiger partial charge in [0.15, 0.2) is 6.04 Å². The van der Waals surface area contributed by atoms with Crippen molar-refractivity contribution < 1.29 is 24.5 Å². The number of aliphatic hydroxyl groups is 1. The van der Waals surface area contributed by atoms with Gasteiger partial charge in [-0.25, -0.2) is 14.6 Å². The summed E-state index contributed by atoms with van der Waals surface area (Å²) in [4.78, 5) is 28.4. The third-order valence-corrected chi connectivity index (χ3v) is 5.95. The lowest BCUT2D eigenvalue weighted by atomic mass is 9.94. The summed E-state index contributed by atoms with van der Waals surface area (Å²) >= 11 is 0. The topological polar surface area (TPSA) is 121 Å². The molecule has 0 spiro atoms. The molecular weight excluding hydrogens is 434 g/mol. The number of carboxylic acid groups (broad SMARTS) is 1. The number of fused-ring (bicyclic) bond motifs is 1. The molecule has 1 unspecified atom stereocenters. The maximum Gasteiger partial charge on any atom is 0.413 e. The van der Waals surface area contributed by atoms with Gasteiger partial charge in [0.1, 0.15) is 11.4 Å². The molecule has 0 aliphatic heterocycles. The second-order valence-electron chi connectivity index (χ2n) is 9.70. The number of hydrogen-bond donors (Lipinski definition) is 4. The van der Waals surface area contributed by atoms with Crippen LogP contribution in [0.4, 0.5) is 16.3 Å². The highest BCUT2D eigenvalue weighted by molar-refractivity contribution is 5.99. The highest BCUT2D eigenvalue weighted by Gasteiger charge is 2.43. The number of aromatic nitrogens is 1. The Balaban J connectivity index is 1.54. The number of ether oxygens (including phenoxy) is 1. The van der Waals surface area contributed by atoms with Crippen LogP contribution in [-0.4, -0.2) is 39.5 Å². The van der Waals surface area contributed by atoms with Crippen LogP contribution in [0.1, 0.15) is 50.8 Å². The van der Waals surface area contributed by atoms with Gasteiger partial charge < -0.3 is 20.3 Å². The summed E-state index contributed by atoms with van der Waals surface area (Å²) in [6.07, 6.45) is 2.86. The minimum absolute atomic E-state index is 0.101. The molecule has 1 atom stereocenters. The van der Waals surface area contributed by atoms with Gasteiger partial charge in [0.05, 0.1) is 6.61 Å². The van der Waals surface area contributed by atoms with Crippen LogP contribution >= 0.6 is 0 Å². The molecule has 0 saturated heterocycles. The van der Waals surface area contributed by atoms with Gasteiger partial charge in [-0.2, -0.15) is 0 Å². The quantitative estimate of drug-likeness (QED) is 0.395. The lowest BCUT2D eigenvalue weighted by Gasteiger charge is -2.20. The number of aliphatic hydroxyl groups excluding tert-OH is 1. The fourth-order valence-corrected chi connectivity index (χ4v) is 3.94. The first kappa shape index (κ1) is 23.5. The Morgan fingerprint density at radius 2 is 1.82 bits per heavy atom. The Morgan fingerprint density at radius 1 is 1.12 bits per heavy atom. The van der Waals surface area contributed by atoms with Gasteiger partial charge in [-0.3, -0.25) is 5.32 Å². The highest BCUT2D eigenvalue weighted by Crippen LogP contribution is 2.47. The van der Waals surface area contributed by atoms with E-state index in [1.165, 1.54) is 0 Å². The highest BCUT2D eigenvalue weighted by atomic mass is 16.6. The van der Waals surface area contributed by atoms with Crippen molar-refractivity contribution in [2.24, 2.45) is 0 Å². The van der Waals surface area contributed by atoms with E-state index >= 15 is 0 Å². The van der Waals surface area contributed by atoms with Crippen molar-refractivity contribution in [2.45, 2.75) is 50.7 Å². The lowest BCUT2D eigenvalue weighted by Crippen LogP contribution is -2.27. The molecule has 1 saturated carbocycles. The number of pyridine rings is 1. The van der Waals surface area contributed by atoms with Crippen molar-refractivity contribution in [1.29, 1.82) is 0 Å². The van der Waals surface area contributed by atoms with Crippen LogP contribution in [0.15, 0.2) is 54.7 Å². The average Bonchev–Trinajstić information content (AvgIpc) is 3.57. The van der Waals surface area contributed by atoms with Crippen LogP contribution < -0.4 is 10.6 Å². The van der Waals surface area contributed by atoms with Crippen LogP contribution in [0.5, 0.6) is 0 Å². The van der Waals surface area contributed by atoms with E-state index in [-0.39, 0.29) is 12.0 Å². The van der Waals surface area contributed by atoms with E-state index < -0.39 is 23.7 Å². The van der Waals surface area contributed by atoms with E-state index in [1.54, 1.807) is 57.3 Å². The summed E-state index contributed by atoms with van der Waals surface area (Å²) < 4.78 is 5.30. The van der Waals surface area contributed by atoms with E-state index in [0.717, 1.165) is 23.8 Å². The van der Waals surface area contributed by atoms with E-state index in [9.17, 15) is 19.8 Å². The smallest absolute Gasteiger partial charge is 0.413 e. The number of carbonyl (C=O) groups is 2. The molecule has 2 aromatic carbocycles. The first-order valence-electron chi connectivity index (χ1n) is 11.2. The molecule has 1 aliphatic rings. The minimum Gasteiger partial charge on any atom is -0.479 e. The van der Waals surface area contributed by atoms with Crippen LogP contribution in [0.25, 0.3) is 10.8 Å². The Morgan fingerprint density at radius 3 is 2.41 bits per heavy atom. The predicted molar refractivity (Wildman–Crippen MR) is 130 cm³/mol.